The number of ether oxygens (including phenoxy) is 1. The van der Waals surface area contributed by atoms with E-state index in [2.05, 4.69) is 4.90 Å². The summed E-state index contributed by atoms with van der Waals surface area (Å²) in [6.07, 6.45) is 4.65. The zero-order chi connectivity index (χ0) is 17.2. The van der Waals surface area contributed by atoms with E-state index in [0.29, 0.717) is 23.7 Å². The fourth-order valence-electron chi connectivity index (χ4n) is 3.61. The highest BCUT2D eigenvalue weighted by Crippen LogP contribution is 2.45. The summed E-state index contributed by atoms with van der Waals surface area (Å²) in [5.74, 6) is -0.397. The van der Waals surface area contributed by atoms with Crippen LogP contribution >= 0.6 is 0 Å². The number of nitrogens with zero attached hydrogens (tertiary/aromatic N) is 1. The van der Waals surface area contributed by atoms with E-state index in [1.807, 2.05) is 24.3 Å². The number of likely N-dealkylation sites (tertiary alicyclic amines) is 1. The molecule has 1 heterocycles. The Balaban J connectivity index is 1.47. The van der Waals surface area contributed by atoms with Gasteiger partial charge >= 0.3 is 0 Å². The van der Waals surface area contributed by atoms with E-state index in [9.17, 15) is 8.78 Å². The maximum absolute atomic E-state index is 14.4. The van der Waals surface area contributed by atoms with Crippen LogP contribution in [0.3, 0.4) is 0 Å². The minimum Gasteiger partial charge on any atom is -0.492 e. The van der Waals surface area contributed by atoms with Crippen LogP contribution in [-0.2, 0) is 0 Å². The van der Waals surface area contributed by atoms with Gasteiger partial charge < -0.3 is 4.74 Å². The van der Waals surface area contributed by atoms with Crippen molar-refractivity contribution in [3.05, 3.63) is 53.6 Å². The average Bonchev–Trinajstić information content (AvgIpc) is 3.34. The molecule has 0 atom stereocenters. The molecular weight excluding hydrogens is 320 g/mol. The maximum atomic E-state index is 14.4. The summed E-state index contributed by atoms with van der Waals surface area (Å²) in [4.78, 5) is 2.40. The molecule has 0 radical (unpaired) electrons. The van der Waals surface area contributed by atoms with Gasteiger partial charge in [-0.3, -0.25) is 4.90 Å². The lowest BCUT2D eigenvalue weighted by Crippen LogP contribution is -2.25. The topological polar surface area (TPSA) is 12.5 Å². The third-order valence-corrected chi connectivity index (χ3v) is 5.16. The number of hydrogen-bond acceptors (Lipinski definition) is 2. The standard InChI is InChI=1S/C21H23F2NO/c22-19-10-9-18(15-3-4-15)20(21(19)23)16-5-7-17(8-6-16)25-14-13-24-11-1-2-12-24/h5-10,15H,1-4,11-14H2. The van der Waals surface area contributed by atoms with Gasteiger partial charge in [-0.1, -0.05) is 18.2 Å². The Labute approximate surface area is 147 Å². The predicted octanol–water partition coefficient (Wildman–Crippen LogP) is 4.98. The van der Waals surface area contributed by atoms with Crippen LogP contribution in [0.4, 0.5) is 8.78 Å². The predicted molar refractivity (Wildman–Crippen MR) is 94.9 cm³/mol. The third-order valence-electron chi connectivity index (χ3n) is 5.16. The van der Waals surface area contributed by atoms with Gasteiger partial charge in [-0.15, -0.1) is 0 Å². The van der Waals surface area contributed by atoms with Gasteiger partial charge in [0.05, 0.1) is 0 Å². The average molecular weight is 343 g/mol. The van der Waals surface area contributed by atoms with Crippen molar-refractivity contribution < 1.29 is 13.5 Å². The lowest BCUT2D eigenvalue weighted by atomic mass is 9.96. The van der Waals surface area contributed by atoms with Crippen molar-refractivity contribution in [3.63, 3.8) is 0 Å². The molecule has 1 saturated carbocycles. The van der Waals surface area contributed by atoms with E-state index in [1.165, 1.54) is 18.9 Å². The zero-order valence-corrected chi connectivity index (χ0v) is 14.3. The summed E-state index contributed by atoms with van der Waals surface area (Å²) < 4.78 is 33.9. The van der Waals surface area contributed by atoms with Gasteiger partial charge in [-0.2, -0.15) is 0 Å². The van der Waals surface area contributed by atoms with Gasteiger partial charge in [-0.25, -0.2) is 8.78 Å². The molecule has 4 rings (SSSR count). The molecule has 0 aromatic heterocycles. The van der Waals surface area contributed by atoms with Gasteiger partial charge in [0.1, 0.15) is 12.4 Å². The first-order chi connectivity index (χ1) is 12.2. The highest BCUT2D eigenvalue weighted by Gasteiger charge is 2.29. The van der Waals surface area contributed by atoms with Crippen LogP contribution < -0.4 is 4.74 Å². The van der Waals surface area contributed by atoms with E-state index in [1.54, 1.807) is 6.07 Å². The molecule has 1 aliphatic carbocycles. The minimum absolute atomic E-state index is 0.362. The summed E-state index contributed by atoms with van der Waals surface area (Å²) in [5.41, 5.74) is 2.04. The largest absolute Gasteiger partial charge is 0.492 e. The fourth-order valence-corrected chi connectivity index (χ4v) is 3.61. The van der Waals surface area contributed by atoms with Crippen molar-refractivity contribution >= 4 is 0 Å². The number of benzene rings is 2. The molecular formula is C21H23F2NO. The highest BCUT2D eigenvalue weighted by molar-refractivity contribution is 5.70. The highest BCUT2D eigenvalue weighted by atomic mass is 19.2. The van der Waals surface area contributed by atoms with Crippen LogP contribution in [0.15, 0.2) is 36.4 Å². The summed E-state index contributed by atoms with van der Waals surface area (Å²) >= 11 is 0. The van der Waals surface area contributed by atoms with Gasteiger partial charge in [-0.05, 0) is 74.0 Å². The Morgan fingerprint density at radius 1 is 0.960 bits per heavy atom. The first-order valence-corrected chi connectivity index (χ1v) is 9.16. The summed E-state index contributed by atoms with van der Waals surface area (Å²) in [6, 6.07) is 10.3. The van der Waals surface area contributed by atoms with Crippen molar-refractivity contribution in [1.82, 2.24) is 4.90 Å². The second kappa shape index (κ2) is 7.12. The SMILES string of the molecule is Fc1ccc(C2CC2)c(-c2ccc(OCCN3CCCC3)cc2)c1F. The molecule has 132 valence electrons. The second-order valence-corrected chi connectivity index (χ2v) is 7.02. The number of hydrogen-bond donors (Lipinski definition) is 0. The summed E-state index contributed by atoms with van der Waals surface area (Å²) in [7, 11) is 0. The van der Waals surface area contributed by atoms with Crippen LogP contribution in [0.5, 0.6) is 5.75 Å². The van der Waals surface area contributed by atoms with Crippen LogP contribution in [-0.4, -0.2) is 31.1 Å². The summed E-state index contributed by atoms with van der Waals surface area (Å²) in [6.45, 7) is 3.91. The first kappa shape index (κ1) is 16.5. The van der Waals surface area contributed by atoms with E-state index >= 15 is 0 Å². The molecule has 25 heavy (non-hydrogen) atoms. The van der Waals surface area contributed by atoms with Crippen LogP contribution in [0.25, 0.3) is 11.1 Å². The molecule has 2 fully saturated rings. The molecule has 0 amide bonds. The molecule has 2 aromatic rings. The van der Waals surface area contributed by atoms with Gasteiger partial charge in [0.25, 0.3) is 0 Å². The smallest absolute Gasteiger partial charge is 0.166 e. The summed E-state index contributed by atoms with van der Waals surface area (Å²) in [5, 5.41) is 0. The molecule has 2 aromatic carbocycles. The van der Waals surface area contributed by atoms with Crippen molar-refractivity contribution in [2.24, 2.45) is 0 Å². The normalized spacial score (nSPS) is 17.8. The van der Waals surface area contributed by atoms with Crippen molar-refractivity contribution in [3.8, 4) is 16.9 Å². The quantitative estimate of drug-likeness (QED) is 0.733. The lowest BCUT2D eigenvalue weighted by Gasteiger charge is -2.15. The van der Waals surface area contributed by atoms with E-state index in [0.717, 1.165) is 43.8 Å². The molecule has 4 heteroatoms. The number of rotatable bonds is 6. The van der Waals surface area contributed by atoms with Crippen molar-refractivity contribution in [1.29, 1.82) is 0 Å². The molecule has 0 N–H and O–H groups in total. The van der Waals surface area contributed by atoms with Crippen LogP contribution in [0, 0.1) is 11.6 Å². The molecule has 2 nitrogen and oxygen atoms in total. The first-order valence-electron chi connectivity index (χ1n) is 9.16. The number of halogens is 2. The van der Waals surface area contributed by atoms with Gasteiger partial charge in [0, 0.05) is 12.1 Å². The minimum atomic E-state index is -0.787. The third kappa shape index (κ3) is 3.69. The molecule has 1 saturated heterocycles. The Morgan fingerprint density at radius 3 is 2.36 bits per heavy atom. The van der Waals surface area contributed by atoms with Gasteiger partial charge in [0.2, 0.25) is 0 Å². The Bertz CT molecular complexity index is 734. The second-order valence-electron chi connectivity index (χ2n) is 7.02. The molecule has 0 bridgehead atoms. The molecule has 0 unspecified atom stereocenters. The van der Waals surface area contributed by atoms with Crippen molar-refractivity contribution in [2.45, 2.75) is 31.6 Å². The zero-order valence-electron chi connectivity index (χ0n) is 14.3. The molecule has 0 spiro atoms. The maximum Gasteiger partial charge on any atom is 0.166 e. The Hall–Kier alpha value is -1.94. The molecule has 2 aliphatic rings. The molecule has 1 aliphatic heterocycles. The van der Waals surface area contributed by atoms with E-state index < -0.39 is 11.6 Å². The van der Waals surface area contributed by atoms with Crippen molar-refractivity contribution in [2.75, 3.05) is 26.2 Å². The van der Waals surface area contributed by atoms with Gasteiger partial charge in [0.15, 0.2) is 11.6 Å². The monoisotopic (exact) mass is 343 g/mol. The lowest BCUT2D eigenvalue weighted by molar-refractivity contribution is 0.238. The van der Waals surface area contributed by atoms with E-state index in [4.69, 9.17) is 4.74 Å². The van der Waals surface area contributed by atoms with Crippen LogP contribution in [0.2, 0.25) is 0 Å². The fraction of sp³-hybridized carbons (Fsp3) is 0.429. The van der Waals surface area contributed by atoms with E-state index in [-0.39, 0.29) is 0 Å². The Morgan fingerprint density at radius 2 is 1.68 bits per heavy atom. The Kier molecular flexibility index (Phi) is 4.71. The van der Waals surface area contributed by atoms with Crippen LogP contribution in [0.1, 0.15) is 37.2 Å².